The second-order valence-electron chi connectivity index (χ2n) is 16.6. The van der Waals surface area contributed by atoms with Gasteiger partial charge in [-0.25, -0.2) is 9.18 Å². The number of piperazine rings is 1. The molecule has 302 valence electrons. The first-order chi connectivity index (χ1) is 25.9. The Morgan fingerprint density at radius 2 is 1.64 bits per heavy atom. The highest BCUT2D eigenvalue weighted by Crippen LogP contribution is 2.51. The molecule has 5 amide bonds. The third-order valence-corrected chi connectivity index (χ3v) is 11.3. The van der Waals surface area contributed by atoms with Crippen molar-refractivity contribution in [3.63, 3.8) is 0 Å². The Bertz CT molecular complexity index is 1720. The van der Waals surface area contributed by atoms with E-state index in [0.29, 0.717) is 49.3 Å². The van der Waals surface area contributed by atoms with Crippen LogP contribution in [0.3, 0.4) is 0 Å². The topological polar surface area (TPSA) is 158 Å². The molecule has 55 heavy (non-hydrogen) atoms. The van der Waals surface area contributed by atoms with Gasteiger partial charge in [0, 0.05) is 51.4 Å². The van der Waals surface area contributed by atoms with Crippen LogP contribution in [-0.4, -0.2) is 118 Å². The standard InChI is InChI=1S/C40H59FN8O6/c1-10-49-31(17-18-42-49)36(51)45-34(32(26-11-12-26)27-13-14-27)37(52)43-30-16-15-28(21-29(30)41)24(3)33(38(53)48-20-19-46(8)23(2)22-48)44-35(50)25(4)47(9)39(54)55-40(5,6)7/h15-18,21,23-27,32-34H,10-14,19-20,22H2,1-9H3,(H,43,52)(H,44,50)(H,45,51)/t23-,24+,25+,33-,34+/m1/s1. The van der Waals surface area contributed by atoms with Crippen LogP contribution in [0.2, 0.25) is 0 Å². The number of carbonyl (C=O) groups is 5. The van der Waals surface area contributed by atoms with Crippen LogP contribution in [0.1, 0.15) is 96.1 Å². The highest BCUT2D eigenvalue weighted by Gasteiger charge is 2.48. The van der Waals surface area contributed by atoms with Crippen LogP contribution < -0.4 is 16.0 Å². The van der Waals surface area contributed by atoms with Crippen LogP contribution in [0.5, 0.6) is 0 Å². The Morgan fingerprint density at radius 1 is 0.982 bits per heavy atom. The highest BCUT2D eigenvalue weighted by molar-refractivity contribution is 6.01. The number of ether oxygens (including phenoxy) is 1. The van der Waals surface area contributed by atoms with Gasteiger partial charge in [-0.1, -0.05) is 13.0 Å². The first-order valence-electron chi connectivity index (χ1n) is 19.6. The van der Waals surface area contributed by atoms with Gasteiger partial charge in [-0.15, -0.1) is 0 Å². The minimum absolute atomic E-state index is 0.0587. The van der Waals surface area contributed by atoms with Crippen LogP contribution in [0.15, 0.2) is 30.5 Å². The fourth-order valence-corrected chi connectivity index (χ4v) is 7.33. The number of benzene rings is 1. The van der Waals surface area contributed by atoms with E-state index in [1.807, 2.05) is 20.9 Å². The number of anilines is 1. The molecule has 3 aliphatic rings. The van der Waals surface area contributed by atoms with Gasteiger partial charge in [-0.3, -0.25) is 28.8 Å². The number of aromatic nitrogens is 2. The molecule has 0 bridgehead atoms. The van der Waals surface area contributed by atoms with Crippen LogP contribution >= 0.6 is 0 Å². The predicted octanol–water partition coefficient (Wildman–Crippen LogP) is 4.22. The summed E-state index contributed by atoms with van der Waals surface area (Å²) in [5.74, 6) is -2.64. The lowest BCUT2D eigenvalue weighted by molar-refractivity contribution is -0.140. The maximum atomic E-state index is 16.0. The summed E-state index contributed by atoms with van der Waals surface area (Å²) < 4.78 is 23.0. The summed E-state index contributed by atoms with van der Waals surface area (Å²) in [6.07, 6.45) is 4.78. The molecule has 2 saturated carbocycles. The Hall–Kier alpha value is -4.53. The molecule has 3 N–H and O–H groups in total. The van der Waals surface area contributed by atoms with E-state index in [9.17, 15) is 24.0 Å². The number of nitrogens with zero attached hydrogens (tertiary/aromatic N) is 5. The summed E-state index contributed by atoms with van der Waals surface area (Å²) in [7, 11) is 3.44. The van der Waals surface area contributed by atoms with Gasteiger partial charge < -0.3 is 30.5 Å². The summed E-state index contributed by atoms with van der Waals surface area (Å²) in [6.45, 7) is 14.4. The minimum Gasteiger partial charge on any atom is -0.444 e. The second-order valence-corrected chi connectivity index (χ2v) is 16.6. The number of aryl methyl sites for hydroxylation is 1. The molecular weight excluding hydrogens is 707 g/mol. The molecule has 2 aliphatic carbocycles. The molecule has 2 heterocycles. The van der Waals surface area contributed by atoms with Gasteiger partial charge in [0.25, 0.3) is 5.91 Å². The third kappa shape index (κ3) is 10.2. The van der Waals surface area contributed by atoms with Crippen LogP contribution in [0.4, 0.5) is 14.9 Å². The number of hydrogen-bond donors (Lipinski definition) is 3. The van der Waals surface area contributed by atoms with Gasteiger partial charge in [0.2, 0.25) is 17.7 Å². The highest BCUT2D eigenvalue weighted by atomic mass is 19.1. The van der Waals surface area contributed by atoms with Crippen molar-refractivity contribution >= 4 is 35.4 Å². The lowest BCUT2D eigenvalue weighted by Gasteiger charge is -2.40. The Labute approximate surface area is 323 Å². The molecule has 1 saturated heterocycles. The normalized spacial score (nSPS) is 19.9. The van der Waals surface area contributed by atoms with Gasteiger partial charge in [0.1, 0.15) is 35.2 Å². The zero-order valence-corrected chi connectivity index (χ0v) is 33.7. The fourth-order valence-electron chi connectivity index (χ4n) is 7.33. The van der Waals surface area contributed by atoms with E-state index in [-0.39, 0.29) is 23.6 Å². The van der Waals surface area contributed by atoms with E-state index in [2.05, 4.69) is 25.9 Å². The molecule has 0 radical (unpaired) electrons. The Balaban J connectivity index is 1.36. The summed E-state index contributed by atoms with van der Waals surface area (Å²) in [6, 6.07) is 3.11. The first kappa shape index (κ1) is 41.6. The molecule has 1 aliphatic heterocycles. The first-order valence-corrected chi connectivity index (χ1v) is 19.6. The Morgan fingerprint density at radius 3 is 2.20 bits per heavy atom. The van der Waals surface area contributed by atoms with Crippen molar-refractivity contribution in [1.82, 2.24) is 35.1 Å². The zero-order valence-electron chi connectivity index (χ0n) is 33.7. The number of amides is 5. The molecular formula is C40H59FN8O6. The molecule has 5 rings (SSSR count). The van der Waals surface area contributed by atoms with Gasteiger partial charge in [-0.05, 0) is 116 Å². The van der Waals surface area contributed by atoms with E-state index in [4.69, 9.17) is 4.74 Å². The number of likely N-dealkylation sites (N-methyl/N-ethyl adjacent to an activating group) is 2. The average Bonchev–Trinajstić information content (AvgIpc) is 4.09. The van der Waals surface area contributed by atoms with E-state index in [1.54, 1.807) is 62.5 Å². The van der Waals surface area contributed by atoms with Crippen LogP contribution in [0.25, 0.3) is 0 Å². The Kier molecular flexibility index (Phi) is 12.9. The zero-order chi connectivity index (χ0) is 40.4. The quantitative estimate of drug-likeness (QED) is 0.258. The summed E-state index contributed by atoms with van der Waals surface area (Å²) >= 11 is 0. The van der Waals surface area contributed by atoms with E-state index in [1.165, 1.54) is 24.1 Å². The van der Waals surface area contributed by atoms with Gasteiger partial charge in [0.05, 0.1) is 5.69 Å². The summed E-state index contributed by atoms with van der Waals surface area (Å²) in [5, 5.41) is 12.8. The predicted molar refractivity (Wildman–Crippen MR) is 206 cm³/mol. The number of halogens is 1. The van der Waals surface area contributed by atoms with Crippen molar-refractivity contribution in [2.45, 2.75) is 116 Å². The van der Waals surface area contributed by atoms with E-state index >= 15 is 4.39 Å². The van der Waals surface area contributed by atoms with Gasteiger partial charge >= 0.3 is 6.09 Å². The molecule has 0 spiro atoms. The fraction of sp³-hybridized carbons (Fsp3) is 0.650. The summed E-state index contributed by atoms with van der Waals surface area (Å²) in [5.41, 5.74) is -0.0528. The van der Waals surface area contributed by atoms with Crippen LogP contribution in [-0.2, 0) is 25.7 Å². The van der Waals surface area contributed by atoms with Crippen molar-refractivity contribution < 1.29 is 33.1 Å². The number of hydrogen-bond acceptors (Lipinski definition) is 8. The largest absolute Gasteiger partial charge is 0.444 e. The molecule has 2 aromatic rings. The molecule has 14 nitrogen and oxygen atoms in total. The number of nitrogens with one attached hydrogen (secondary N) is 3. The molecule has 1 aromatic heterocycles. The van der Waals surface area contributed by atoms with Crippen molar-refractivity contribution in [1.29, 1.82) is 0 Å². The maximum absolute atomic E-state index is 16.0. The minimum atomic E-state index is -1.09. The van der Waals surface area contributed by atoms with E-state index in [0.717, 1.165) is 25.7 Å². The van der Waals surface area contributed by atoms with Gasteiger partial charge in [0.15, 0.2) is 0 Å². The van der Waals surface area contributed by atoms with Crippen molar-refractivity contribution in [3.8, 4) is 0 Å². The molecule has 3 fully saturated rings. The molecule has 5 atom stereocenters. The SMILES string of the molecule is CCn1nccc1C(=O)N[C@H](C(=O)Nc1ccc([C@H](C)[C@@H](NC(=O)[C@H](C)N(C)C(=O)OC(C)(C)C)C(=O)N2CCN(C)[C@H](C)C2)cc1F)C(C1CC1)C1CC1. The monoisotopic (exact) mass is 766 g/mol. The smallest absolute Gasteiger partial charge is 0.410 e. The van der Waals surface area contributed by atoms with E-state index < -0.39 is 59.3 Å². The molecule has 15 heteroatoms. The third-order valence-electron chi connectivity index (χ3n) is 11.3. The van der Waals surface area contributed by atoms with Gasteiger partial charge in [-0.2, -0.15) is 5.10 Å². The number of rotatable bonds is 14. The van der Waals surface area contributed by atoms with Crippen molar-refractivity contribution in [2.24, 2.45) is 17.8 Å². The lowest BCUT2D eigenvalue weighted by atomic mass is 9.88. The molecule has 0 unspecified atom stereocenters. The maximum Gasteiger partial charge on any atom is 0.410 e. The molecule has 1 aromatic carbocycles. The van der Waals surface area contributed by atoms with Crippen molar-refractivity contribution in [2.75, 3.05) is 39.0 Å². The van der Waals surface area contributed by atoms with Crippen molar-refractivity contribution in [3.05, 3.63) is 47.5 Å². The average molecular weight is 767 g/mol. The van der Waals surface area contributed by atoms with Crippen LogP contribution in [0, 0.1) is 23.6 Å². The summed E-state index contributed by atoms with van der Waals surface area (Å²) in [4.78, 5) is 73.1. The number of carbonyl (C=O) groups excluding carboxylic acids is 5. The lowest BCUT2D eigenvalue weighted by Crippen LogP contribution is -2.59. The second kappa shape index (κ2) is 17.1.